The molecule has 0 aliphatic rings. The lowest BCUT2D eigenvalue weighted by Gasteiger charge is -2.06. The van der Waals surface area contributed by atoms with Crippen LogP contribution >= 0.6 is 11.3 Å². The monoisotopic (exact) mass is 235 g/mol. The van der Waals surface area contributed by atoms with E-state index in [-0.39, 0.29) is 0 Å². The van der Waals surface area contributed by atoms with E-state index in [9.17, 15) is 0 Å². The fourth-order valence-electron chi connectivity index (χ4n) is 1.20. The number of hydrogen-bond donors (Lipinski definition) is 2. The molecule has 0 unspecified atom stereocenters. The number of nitrogens with zero attached hydrogens (tertiary/aromatic N) is 1. The van der Waals surface area contributed by atoms with Crippen molar-refractivity contribution in [2.24, 2.45) is 0 Å². The number of anilines is 2. The molecular formula is C11H13N3OS. The zero-order valence-electron chi connectivity index (χ0n) is 8.72. The van der Waals surface area contributed by atoms with Crippen molar-refractivity contribution in [3.8, 4) is 5.75 Å². The molecule has 0 aliphatic heterocycles. The minimum atomic E-state index is 0.601. The first-order valence-electron chi connectivity index (χ1n) is 4.96. The Balaban J connectivity index is 1.70. The molecule has 0 amide bonds. The van der Waals surface area contributed by atoms with Gasteiger partial charge in [0.2, 0.25) is 0 Å². The van der Waals surface area contributed by atoms with E-state index in [0.717, 1.165) is 23.1 Å². The van der Waals surface area contributed by atoms with E-state index in [0.29, 0.717) is 6.61 Å². The van der Waals surface area contributed by atoms with Gasteiger partial charge in [-0.2, -0.15) is 0 Å². The molecule has 0 radical (unpaired) electrons. The van der Waals surface area contributed by atoms with E-state index in [1.165, 1.54) is 0 Å². The average Bonchev–Trinajstić information content (AvgIpc) is 2.80. The van der Waals surface area contributed by atoms with E-state index >= 15 is 0 Å². The summed E-state index contributed by atoms with van der Waals surface area (Å²) >= 11 is 1.58. The summed E-state index contributed by atoms with van der Waals surface area (Å²) in [5.74, 6) is 0.829. The molecular weight excluding hydrogens is 222 g/mol. The topological polar surface area (TPSA) is 60.2 Å². The molecule has 0 bridgehead atoms. The number of nitrogens with two attached hydrogens (primary N) is 1. The maximum Gasteiger partial charge on any atom is 0.182 e. The van der Waals surface area contributed by atoms with Crippen LogP contribution in [0.3, 0.4) is 0 Å². The Bertz CT molecular complexity index is 413. The van der Waals surface area contributed by atoms with Crippen molar-refractivity contribution in [2.75, 3.05) is 24.2 Å². The summed E-state index contributed by atoms with van der Waals surface area (Å²) in [5, 5.41) is 6.02. The van der Waals surface area contributed by atoms with Crippen LogP contribution in [0, 0.1) is 0 Å². The van der Waals surface area contributed by atoms with Crippen LogP contribution in [0.4, 0.5) is 10.8 Å². The molecule has 0 atom stereocenters. The van der Waals surface area contributed by atoms with Gasteiger partial charge >= 0.3 is 0 Å². The normalized spacial score (nSPS) is 10.0. The van der Waals surface area contributed by atoms with Gasteiger partial charge in [-0.1, -0.05) is 0 Å². The summed E-state index contributed by atoms with van der Waals surface area (Å²) in [6.45, 7) is 1.33. The predicted molar refractivity (Wildman–Crippen MR) is 67.0 cm³/mol. The van der Waals surface area contributed by atoms with Crippen LogP contribution in [0.15, 0.2) is 35.8 Å². The van der Waals surface area contributed by atoms with Crippen LogP contribution in [-0.4, -0.2) is 18.1 Å². The van der Waals surface area contributed by atoms with E-state index in [1.54, 1.807) is 17.5 Å². The van der Waals surface area contributed by atoms with Crippen molar-refractivity contribution in [3.63, 3.8) is 0 Å². The lowest BCUT2D eigenvalue weighted by atomic mass is 10.3. The first kappa shape index (κ1) is 10.8. The summed E-state index contributed by atoms with van der Waals surface area (Å²) in [4.78, 5) is 4.11. The van der Waals surface area contributed by atoms with Crippen LogP contribution in [0.1, 0.15) is 0 Å². The highest BCUT2D eigenvalue weighted by Gasteiger charge is 1.95. The Labute approximate surface area is 98.1 Å². The molecule has 1 aromatic carbocycles. The van der Waals surface area contributed by atoms with Gasteiger partial charge in [0.15, 0.2) is 5.13 Å². The van der Waals surface area contributed by atoms with Crippen molar-refractivity contribution in [2.45, 2.75) is 0 Å². The van der Waals surface area contributed by atoms with Gasteiger partial charge in [0.1, 0.15) is 12.4 Å². The minimum Gasteiger partial charge on any atom is -0.492 e. The van der Waals surface area contributed by atoms with E-state index < -0.39 is 0 Å². The third-order valence-electron chi connectivity index (χ3n) is 1.96. The van der Waals surface area contributed by atoms with Gasteiger partial charge in [-0.25, -0.2) is 4.98 Å². The standard InChI is InChI=1S/C11H13N3OS/c12-9-1-3-10(4-2-9)15-7-5-13-11-14-6-8-16-11/h1-4,6,8H,5,7,12H2,(H,13,14). The number of hydrogen-bond acceptors (Lipinski definition) is 5. The Hall–Kier alpha value is -1.75. The average molecular weight is 235 g/mol. The molecule has 1 heterocycles. The lowest BCUT2D eigenvalue weighted by Crippen LogP contribution is -2.11. The first-order valence-corrected chi connectivity index (χ1v) is 5.84. The Kier molecular flexibility index (Phi) is 3.61. The van der Waals surface area contributed by atoms with Crippen molar-refractivity contribution >= 4 is 22.2 Å². The van der Waals surface area contributed by atoms with Crippen LogP contribution in [0.2, 0.25) is 0 Å². The van der Waals surface area contributed by atoms with E-state index in [4.69, 9.17) is 10.5 Å². The van der Waals surface area contributed by atoms with Crippen molar-refractivity contribution in [1.29, 1.82) is 0 Å². The van der Waals surface area contributed by atoms with E-state index in [1.807, 2.05) is 29.6 Å². The highest BCUT2D eigenvalue weighted by molar-refractivity contribution is 7.13. The number of nitrogen functional groups attached to an aromatic ring is 1. The molecule has 5 heteroatoms. The molecule has 84 valence electrons. The second-order valence-electron chi connectivity index (χ2n) is 3.18. The summed E-state index contributed by atoms with van der Waals surface area (Å²) in [7, 11) is 0. The van der Waals surface area contributed by atoms with Crippen LogP contribution in [-0.2, 0) is 0 Å². The zero-order valence-corrected chi connectivity index (χ0v) is 9.54. The van der Waals surface area contributed by atoms with Crippen molar-refractivity contribution < 1.29 is 4.74 Å². The maximum absolute atomic E-state index is 5.57. The molecule has 0 saturated carbocycles. The molecule has 0 aliphatic carbocycles. The van der Waals surface area contributed by atoms with Gasteiger partial charge < -0.3 is 15.8 Å². The molecule has 16 heavy (non-hydrogen) atoms. The number of rotatable bonds is 5. The number of benzene rings is 1. The second kappa shape index (κ2) is 5.37. The highest BCUT2D eigenvalue weighted by atomic mass is 32.1. The fraction of sp³-hybridized carbons (Fsp3) is 0.182. The molecule has 1 aromatic heterocycles. The van der Waals surface area contributed by atoms with Gasteiger partial charge in [0.05, 0.1) is 6.54 Å². The summed E-state index contributed by atoms with van der Waals surface area (Å²) < 4.78 is 5.52. The number of thiazole rings is 1. The van der Waals surface area contributed by atoms with Gasteiger partial charge in [-0.15, -0.1) is 11.3 Å². The van der Waals surface area contributed by atoms with Gasteiger partial charge in [-0.3, -0.25) is 0 Å². The largest absolute Gasteiger partial charge is 0.492 e. The van der Waals surface area contributed by atoms with Crippen LogP contribution < -0.4 is 15.8 Å². The molecule has 0 saturated heterocycles. The summed E-state index contributed by atoms with van der Waals surface area (Å²) in [6, 6.07) is 7.37. The molecule has 0 spiro atoms. The van der Waals surface area contributed by atoms with Gasteiger partial charge in [0.25, 0.3) is 0 Å². The van der Waals surface area contributed by atoms with Crippen molar-refractivity contribution in [3.05, 3.63) is 35.8 Å². The lowest BCUT2D eigenvalue weighted by molar-refractivity contribution is 0.333. The number of ether oxygens (including phenoxy) is 1. The molecule has 2 rings (SSSR count). The Morgan fingerprint density at radius 3 is 2.81 bits per heavy atom. The van der Waals surface area contributed by atoms with Crippen LogP contribution in [0.25, 0.3) is 0 Å². The SMILES string of the molecule is Nc1ccc(OCCNc2nccs2)cc1. The fourth-order valence-corrected chi connectivity index (χ4v) is 1.76. The maximum atomic E-state index is 5.57. The molecule has 0 fully saturated rings. The zero-order chi connectivity index (χ0) is 11.2. The van der Waals surface area contributed by atoms with Gasteiger partial charge in [0, 0.05) is 17.3 Å². The molecule has 2 aromatic rings. The quantitative estimate of drug-likeness (QED) is 0.616. The molecule has 4 nitrogen and oxygen atoms in total. The third-order valence-corrected chi connectivity index (χ3v) is 2.69. The van der Waals surface area contributed by atoms with E-state index in [2.05, 4.69) is 10.3 Å². The first-order chi connectivity index (χ1) is 7.84. The highest BCUT2D eigenvalue weighted by Crippen LogP contribution is 2.13. The smallest absolute Gasteiger partial charge is 0.182 e. The Morgan fingerprint density at radius 1 is 1.31 bits per heavy atom. The number of nitrogens with one attached hydrogen (secondary N) is 1. The Morgan fingerprint density at radius 2 is 2.12 bits per heavy atom. The number of aromatic nitrogens is 1. The van der Waals surface area contributed by atoms with Crippen molar-refractivity contribution in [1.82, 2.24) is 4.98 Å². The predicted octanol–water partition coefficient (Wildman–Crippen LogP) is 2.22. The van der Waals surface area contributed by atoms with Gasteiger partial charge in [-0.05, 0) is 24.3 Å². The summed E-state index contributed by atoms with van der Waals surface area (Å²) in [6.07, 6.45) is 1.77. The second-order valence-corrected chi connectivity index (χ2v) is 4.08. The minimum absolute atomic E-state index is 0.601. The summed E-state index contributed by atoms with van der Waals surface area (Å²) in [5.41, 5.74) is 6.31. The van der Waals surface area contributed by atoms with Crippen LogP contribution in [0.5, 0.6) is 5.75 Å². The molecule has 3 N–H and O–H groups in total. The third kappa shape index (κ3) is 3.13.